The molecule has 0 saturated heterocycles. The molecule has 0 aromatic heterocycles. The van der Waals surface area contributed by atoms with Gasteiger partial charge in [-0.2, -0.15) is 11.8 Å². The fourth-order valence-electron chi connectivity index (χ4n) is 2.84. The summed E-state index contributed by atoms with van der Waals surface area (Å²) in [5.74, 6) is 1.25. The van der Waals surface area contributed by atoms with E-state index in [1.54, 1.807) is 0 Å². The van der Waals surface area contributed by atoms with Gasteiger partial charge in [-0.1, -0.05) is 38.1 Å². The monoisotopic (exact) mass is 249 g/mol. The van der Waals surface area contributed by atoms with Gasteiger partial charge in [-0.25, -0.2) is 0 Å². The van der Waals surface area contributed by atoms with Crippen LogP contribution in [0.25, 0.3) is 0 Å². The van der Waals surface area contributed by atoms with Crippen LogP contribution in [-0.2, 0) is 6.42 Å². The first kappa shape index (κ1) is 13.0. The van der Waals surface area contributed by atoms with Crippen LogP contribution in [0.5, 0.6) is 0 Å². The van der Waals surface area contributed by atoms with E-state index < -0.39 is 0 Å². The van der Waals surface area contributed by atoms with E-state index in [0.29, 0.717) is 11.5 Å². The van der Waals surface area contributed by atoms with Crippen LogP contribution < -0.4 is 5.32 Å². The van der Waals surface area contributed by atoms with Gasteiger partial charge in [0.2, 0.25) is 0 Å². The van der Waals surface area contributed by atoms with Crippen LogP contribution in [-0.4, -0.2) is 18.6 Å². The van der Waals surface area contributed by atoms with Gasteiger partial charge in [-0.3, -0.25) is 0 Å². The first-order valence-electron chi connectivity index (χ1n) is 6.45. The molecular formula is C15H23NS. The van der Waals surface area contributed by atoms with E-state index in [1.165, 1.54) is 29.7 Å². The van der Waals surface area contributed by atoms with Gasteiger partial charge >= 0.3 is 0 Å². The Bertz CT molecular complexity index is 373. The van der Waals surface area contributed by atoms with E-state index in [2.05, 4.69) is 49.7 Å². The summed E-state index contributed by atoms with van der Waals surface area (Å²) in [6.07, 6.45) is 4.63. The fraction of sp³-hybridized carbons (Fsp3) is 0.600. The predicted octanol–water partition coefficient (Wildman–Crippen LogP) is 3.65. The van der Waals surface area contributed by atoms with Crippen LogP contribution in [0.1, 0.15) is 37.4 Å². The number of thioether (sulfide) groups is 1. The third-order valence-corrected chi connectivity index (χ3v) is 4.36. The second-order valence-electron chi connectivity index (χ2n) is 5.60. The van der Waals surface area contributed by atoms with E-state index in [9.17, 15) is 0 Å². The van der Waals surface area contributed by atoms with Crippen molar-refractivity contribution in [1.29, 1.82) is 0 Å². The van der Waals surface area contributed by atoms with Crippen molar-refractivity contribution in [2.45, 2.75) is 32.7 Å². The summed E-state index contributed by atoms with van der Waals surface area (Å²) in [4.78, 5) is 0. The number of fused-ring (bicyclic) bond motifs is 1. The molecular weight excluding hydrogens is 226 g/mol. The van der Waals surface area contributed by atoms with Gasteiger partial charge in [-0.15, -0.1) is 0 Å². The van der Waals surface area contributed by atoms with Gasteiger partial charge in [0.05, 0.1) is 0 Å². The summed E-state index contributed by atoms with van der Waals surface area (Å²) in [6, 6.07) is 9.42. The standard InChI is InChI=1S/C15H23NS/c1-15(2)11-12-7-4-5-8-13(12)14(15)16-9-6-10-17-3/h4-5,7-8,14,16H,6,9-11H2,1-3H3. The molecule has 2 rings (SSSR count). The highest BCUT2D eigenvalue weighted by atomic mass is 32.2. The lowest BCUT2D eigenvalue weighted by atomic mass is 9.85. The van der Waals surface area contributed by atoms with Crippen molar-refractivity contribution < 1.29 is 0 Å². The number of nitrogens with one attached hydrogen (secondary N) is 1. The Labute approximate surface area is 109 Å². The second-order valence-corrected chi connectivity index (χ2v) is 6.58. The molecule has 1 atom stereocenters. The van der Waals surface area contributed by atoms with E-state index in [0.717, 1.165) is 6.54 Å². The molecule has 1 aromatic rings. The van der Waals surface area contributed by atoms with Crippen molar-refractivity contribution in [3.05, 3.63) is 35.4 Å². The minimum absolute atomic E-state index is 0.350. The lowest BCUT2D eigenvalue weighted by Gasteiger charge is -2.28. The molecule has 0 saturated carbocycles. The fourth-order valence-corrected chi connectivity index (χ4v) is 3.27. The Kier molecular flexibility index (Phi) is 4.16. The summed E-state index contributed by atoms with van der Waals surface area (Å²) in [5, 5.41) is 3.75. The van der Waals surface area contributed by atoms with Crippen LogP contribution >= 0.6 is 11.8 Å². The van der Waals surface area contributed by atoms with Gasteiger partial charge in [0, 0.05) is 6.04 Å². The molecule has 2 heteroatoms. The summed E-state index contributed by atoms with van der Waals surface area (Å²) in [5.41, 5.74) is 3.39. The molecule has 0 radical (unpaired) electrons. The summed E-state index contributed by atoms with van der Waals surface area (Å²) in [6.45, 7) is 5.88. The number of rotatable bonds is 5. The molecule has 0 bridgehead atoms. The van der Waals surface area contributed by atoms with E-state index in [1.807, 2.05) is 11.8 Å². The third-order valence-electron chi connectivity index (χ3n) is 3.67. The quantitative estimate of drug-likeness (QED) is 0.799. The van der Waals surface area contributed by atoms with Gasteiger partial charge in [-0.05, 0) is 47.9 Å². The zero-order valence-electron chi connectivity index (χ0n) is 11.1. The first-order valence-corrected chi connectivity index (χ1v) is 7.84. The van der Waals surface area contributed by atoms with Crippen molar-refractivity contribution in [3.8, 4) is 0 Å². The normalized spacial score (nSPS) is 21.5. The maximum absolute atomic E-state index is 3.75. The molecule has 0 spiro atoms. The average Bonchev–Trinajstić information content (AvgIpc) is 2.55. The Morgan fingerprint density at radius 2 is 2.12 bits per heavy atom. The number of hydrogen-bond donors (Lipinski definition) is 1. The van der Waals surface area contributed by atoms with Crippen LogP contribution in [0, 0.1) is 5.41 Å². The van der Waals surface area contributed by atoms with Crippen LogP contribution in [0.15, 0.2) is 24.3 Å². The molecule has 1 N–H and O–H groups in total. The van der Waals surface area contributed by atoms with E-state index in [4.69, 9.17) is 0 Å². The molecule has 0 heterocycles. The molecule has 1 aliphatic rings. The molecule has 1 aromatic carbocycles. The molecule has 0 amide bonds. The minimum atomic E-state index is 0.350. The Morgan fingerprint density at radius 1 is 1.35 bits per heavy atom. The topological polar surface area (TPSA) is 12.0 Å². The molecule has 1 unspecified atom stereocenters. The zero-order chi connectivity index (χ0) is 12.3. The highest BCUT2D eigenvalue weighted by Crippen LogP contribution is 2.44. The van der Waals surface area contributed by atoms with Gasteiger partial charge in [0.25, 0.3) is 0 Å². The summed E-state index contributed by atoms with van der Waals surface area (Å²) < 4.78 is 0. The van der Waals surface area contributed by atoms with Crippen LogP contribution in [0.3, 0.4) is 0 Å². The highest BCUT2D eigenvalue weighted by molar-refractivity contribution is 7.98. The molecule has 0 fully saturated rings. The third kappa shape index (κ3) is 2.86. The number of hydrogen-bond acceptors (Lipinski definition) is 2. The second kappa shape index (κ2) is 5.45. The van der Waals surface area contributed by atoms with Crippen molar-refractivity contribution in [2.24, 2.45) is 5.41 Å². The van der Waals surface area contributed by atoms with Crippen LogP contribution in [0.2, 0.25) is 0 Å². The molecule has 0 aliphatic heterocycles. The molecule has 17 heavy (non-hydrogen) atoms. The predicted molar refractivity (Wildman–Crippen MR) is 77.7 cm³/mol. The lowest BCUT2D eigenvalue weighted by molar-refractivity contribution is 0.270. The first-order chi connectivity index (χ1) is 8.15. The van der Waals surface area contributed by atoms with Crippen molar-refractivity contribution in [3.63, 3.8) is 0 Å². The smallest absolute Gasteiger partial charge is 0.0377 e. The van der Waals surface area contributed by atoms with Gasteiger partial charge in [0.15, 0.2) is 0 Å². The van der Waals surface area contributed by atoms with Gasteiger partial charge < -0.3 is 5.32 Å². The average molecular weight is 249 g/mol. The minimum Gasteiger partial charge on any atom is -0.309 e. The lowest BCUT2D eigenvalue weighted by Crippen LogP contribution is -2.32. The van der Waals surface area contributed by atoms with Crippen molar-refractivity contribution >= 4 is 11.8 Å². The summed E-state index contributed by atoms with van der Waals surface area (Å²) >= 11 is 1.93. The summed E-state index contributed by atoms with van der Waals surface area (Å²) in [7, 11) is 0. The maximum atomic E-state index is 3.75. The SMILES string of the molecule is CSCCCNC1c2ccccc2CC1(C)C. The Hall–Kier alpha value is -0.470. The molecule has 94 valence electrons. The number of benzene rings is 1. The van der Waals surface area contributed by atoms with Crippen LogP contribution in [0.4, 0.5) is 0 Å². The molecule has 1 nitrogen and oxygen atoms in total. The van der Waals surface area contributed by atoms with Crippen molar-refractivity contribution in [1.82, 2.24) is 5.32 Å². The van der Waals surface area contributed by atoms with Gasteiger partial charge in [0.1, 0.15) is 0 Å². The van der Waals surface area contributed by atoms with E-state index >= 15 is 0 Å². The van der Waals surface area contributed by atoms with Crippen molar-refractivity contribution in [2.75, 3.05) is 18.6 Å². The maximum Gasteiger partial charge on any atom is 0.0377 e. The molecule has 1 aliphatic carbocycles. The highest BCUT2D eigenvalue weighted by Gasteiger charge is 2.37. The van der Waals surface area contributed by atoms with E-state index in [-0.39, 0.29) is 0 Å². The Morgan fingerprint density at radius 3 is 2.88 bits per heavy atom. The largest absolute Gasteiger partial charge is 0.309 e. The zero-order valence-corrected chi connectivity index (χ0v) is 11.9. The Balaban J connectivity index is 2.04.